The van der Waals surface area contributed by atoms with Crippen LogP contribution in [0.3, 0.4) is 0 Å². The molecule has 3 aromatic heterocycles. The molecular weight excluding hydrogens is 348 g/mol. The van der Waals surface area contributed by atoms with Crippen molar-refractivity contribution in [3.8, 4) is 10.4 Å². The number of thiophene rings is 2. The molecule has 1 aromatic carbocycles. The molecule has 25 heavy (non-hydrogen) atoms. The quantitative estimate of drug-likeness (QED) is 0.502. The molecule has 0 amide bonds. The minimum Gasteiger partial charge on any atom is -0.294 e. The van der Waals surface area contributed by atoms with Crippen LogP contribution in [-0.2, 0) is 6.54 Å². The molecule has 0 aliphatic rings. The Balaban J connectivity index is 1.85. The molecular formula is C20H18N2OS2. The highest BCUT2D eigenvalue weighted by molar-refractivity contribution is 7.19. The van der Waals surface area contributed by atoms with E-state index in [0.717, 1.165) is 26.2 Å². The van der Waals surface area contributed by atoms with Gasteiger partial charge in [0, 0.05) is 20.7 Å². The summed E-state index contributed by atoms with van der Waals surface area (Å²) in [6.07, 6.45) is 1.67. The van der Waals surface area contributed by atoms with Crippen LogP contribution in [0.25, 0.3) is 20.7 Å². The van der Waals surface area contributed by atoms with Crippen LogP contribution in [0.2, 0.25) is 0 Å². The topological polar surface area (TPSA) is 34.9 Å². The van der Waals surface area contributed by atoms with Crippen molar-refractivity contribution in [3.63, 3.8) is 0 Å². The lowest BCUT2D eigenvalue weighted by Crippen LogP contribution is -2.21. The van der Waals surface area contributed by atoms with Gasteiger partial charge in [-0.15, -0.1) is 22.7 Å². The van der Waals surface area contributed by atoms with Crippen LogP contribution >= 0.6 is 22.7 Å². The first kappa shape index (κ1) is 16.2. The molecule has 4 rings (SSSR count). The molecule has 0 fully saturated rings. The molecule has 0 N–H and O–H groups in total. The zero-order valence-electron chi connectivity index (χ0n) is 14.4. The van der Waals surface area contributed by atoms with Gasteiger partial charge in [-0.2, -0.15) is 0 Å². The van der Waals surface area contributed by atoms with Crippen LogP contribution < -0.4 is 5.56 Å². The number of aryl methyl sites for hydroxylation is 3. The number of benzene rings is 1. The van der Waals surface area contributed by atoms with Gasteiger partial charge in [-0.05, 0) is 44.0 Å². The average molecular weight is 367 g/mol. The zero-order valence-corrected chi connectivity index (χ0v) is 16.0. The normalized spacial score (nSPS) is 11.3. The van der Waals surface area contributed by atoms with Gasteiger partial charge in [0.15, 0.2) is 0 Å². The smallest absolute Gasteiger partial charge is 0.263 e. The summed E-state index contributed by atoms with van der Waals surface area (Å²) in [5.74, 6) is 0. The molecule has 0 aliphatic heterocycles. The van der Waals surface area contributed by atoms with E-state index in [4.69, 9.17) is 0 Å². The molecule has 0 radical (unpaired) electrons. The van der Waals surface area contributed by atoms with E-state index >= 15 is 0 Å². The number of nitrogens with zero attached hydrogens (tertiary/aromatic N) is 2. The third-order valence-electron chi connectivity index (χ3n) is 4.41. The van der Waals surface area contributed by atoms with Crippen LogP contribution in [0.5, 0.6) is 0 Å². The molecule has 4 aromatic rings. The summed E-state index contributed by atoms with van der Waals surface area (Å²) in [5, 5.41) is 2.78. The number of hydrogen-bond donors (Lipinski definition) is 0. The van der Waals surface area contributed by atoms with Crippen molar-refractivity contribution in [3.05, 3.63) is 74.0 Å². The van der Waals surface area contributed by atoms with Crippen LogP contribution in [0.15, 0.2) is 46.8 Å². The molecule has 126 valence electrons. The van der Waals surface area contributed by atoms with Gasteiger partial charge in [0.2, 0.25) is 0 Å². The van der Waals surface area contributed by atoms with Crippen molar-refractivity contribution in [2.45, 2.75) is 27.3 Å². The second-order valence-corrected chi connectivity index (χ2v) is 8.49. The molecule has 0 spiro atoms. The van der Waals surface area contributed by atoms with E-state index < -0.39 is 0 Å². The third kappa shape index (κ3) is 2.94. The van der Waals surface area contributed by atoms with E-state index in [0.29, 0.717) is 6.54 Å². The first-order valence-electron chi connectivity index (χ1n) is 8.12. The molecule has 0 aliphatic carbocycles. The van der Waals surface area contributed by atoms with E-state index in [9.17, 15) is 4.79 Å². The summed E-state index contributed by atoms with van der Waals surface area (Å²) >= 11 is 3.25. The van der Waals surface area contributed by atoms with Crippen LogP contribution in [0, 0.1) is 20.8 Å². The molecule has 3 nitrogen and oxygen atoms in total. The maximum atomic E-state index is 13.1. The number of rotatable bonds is 3. The van der Waals surface area contributed by atoms with Crippen molar-refractivity contribution in [1.29, 1.82) is 0 Å². The summed E-state index contributed by atoms with van der Waals surface area (Å²) in [4.78, 5) is 20.8. The van der Waals surface area contributed by atoms with E-state index in [1.165, 1.54) is 27.3 Å². The largest absolute Gasteiger partial charge is 0.294 e. The zero-order chi connectivity index (χ0) is 17.6. The summed E-state index contributed by atoms with van der Waals surface area (Å²) in [6, 6.07) is 10.5. The third-order valence-corrected chi connectivity index (χ3v) is 6.33. The van der Waals surface area contributed by atoms with E-state index in [-0.39, 0.29) is 5.56 Å². The van der Waals surface area contributed by atoms with Crippen LogP contribution in [0.4, 0.5) is 0 Å². The summed E-state index contributed by atoms with van der Waals surface area (Å²) < 4.78 is 1.72. The minimum absolute atomic E-state index is 0.0354. The maximum Gasteiger partial charge on any atom is 0.263 e. The van der Waals surface area contributed by atoms with Crippen LogP contribution in [0.1, 0.15) is 21.6 Å². The van der Waals surface area contributed by atoms with Gasteiger partial charge < -0.3 is 0 Å². The standard InChI is InChI=1S/C20H18N2OS2/c1-12-4-5-13(2)15(8-12)9-22-11-21-19-18(20(22)23)16(10-24-19)17-7-6-14(3)25-17/h4-8,10-11H,9H2,1-3H3. The first-order chi connectivity index (χ1) is 12.0. The van der Waals surface area contributed by atoms with Crippen molar-refractivity contribution >= 4 is 32.9 Å². The maximum absolute atomic E-state index is 13.1. The molecule has 3 heterocycles. The molecule has 5 heteroatoms. The van der Waals surface area contributed by atoms with Gasteiger partial charge in [-0.3, -0.25) is 9.36 Å². The Hall–Kier alpha value is -2.24. The Morgan fingerprint density at radius 2 is 1.96 bits per heavy atom. The SMILES string of the molecule is Cc1ccc(C)c(Cn2cnc3scc(-c4ccc(C)s4)c3c2=O)c1. The van der Waals surface area contributed by atoms with Crippen molar-refractivity contribution in [1.82, 2.24) is 9.55 Å². The molecule has 0 saturated heterocycles. The number of hydrogen-bond acceptors (Lipinski definition) is 4. The van der Waals surface area contributed by atoms with Crippen molar-refractivity contribution in [2.75, 3.05) is 0 Å². The van der Waals surface area contributed by atoms with Crippen molar-refractivity contribution in [2.24, 2.45) is 0 Å². The fourth-order valence-electron chi connectivity index (χ4n) is 2.99. The Kier molecular flexibility index (Phi) is 4.06. The molecule has 0 atom stereocenters. The van der Waals surface area contributed by atoms with Gasteiger partial charge in [-0.1, -0.05) is 23.8 Å². The summed E-state index contributed by atoms with van der Waals surface area (Å²) in [7, 11) is 0. The van der Waals surface area contributed by atoms with E-state index in [2.05, 4.69) is 56.1 Å². The highest BCUT2D eigenvalue weighted by atomic mass is 32.1. The van der Waals surface area contributed by atoms with Crippen molar-refractivity contribution < 1.29 is 0 Å². The Morgan fingerprint density at radius 1 is 1.12 bits per heavy atom. The van der Waals surface area contributed by atoms with Gasteiger partial charge in [0.05, 0.1) is 18.3 Å². The summed E-state index contributed by atoms with van der Waals surface area (Å²) in [5.41, 5.74) is 4.59. The fourth-order valence-corrected chi connectivity index (χ4v) is 4.86. The predicted molar refractivity (Wildman–Crippen MR) is 107 cm³/mol. The van der Waals surface area contributed by atoms with Crippen LogP contribution in [-0.4, -0.2) is 9.55 Å². The molecule has 0 unspecified atom stereocenters. The number of aromatic nitrogens is 2. The Bertz CT molecular complexity index is 1130. The van der Waals surface area contributed by atoms with Gasteiger partial charge in [0.25, 0.3) is 5.56 Å². The van der Waals surface area contributed by atoms with Gasteiger partial charge in [0.1, 0.15) is 4.83 Å². The molecule has 0 saturated carbocycles. The highest BCUT2D eigenvalue weighted by Crippen LogP contribution is 2.34. The van der Waals surface area contributed by atoms with Gasteiger partial charge >= 0.3 is 0 Å². The van der Waals surface area contributed by atoms with E-state index in [1.54, 1.807) is 22.2 Å². The first-order valence-corrected chi connectivity index (χ1v) is 9.82. The summed E-state index contributed by atoms with van der Waals surface area (Å²) in [6.45, 7) is 6.79. The van der Waals surface area contributed by atoms with Gasteiger partial charge in [-0.25, -0.2) is 4.98 Å². The minimum atomic E-state index is 0.0354. The monoisotopic (exact) mass is 366 g/mol. The molecule has 0 bridgehead atoms. The predicted octanol–water partition coefficient (Wildman–Crippen LogP) is 5.16. The average Bonchev–Trinajstić information content (AvgIpc) is 3.19. The Morgan fingerprint density at radius 3 is 2.72 bits per heavy atom. The number of fused-ring (bicyclic) bond motifs is 1. The highest BCUT2D eigenvalue weighted by Gasteiger charge is 2.15. The Labute approximate surface area is 154 Å². The lowest BCUT2D eigenvalue weighted by atomic mass is 10.1. The second kappa shape index (κ2) is 6.24. The fraction of sp³-hybridized carbons (Fsp3) is 0.200. The second-order valence-electron chi connectivity index (χ2n) is 6.35. The lowest BCUT2D eigenvalue weighted by molar-refractivity contribution is 0.745. The lowest BCUT2D eigenvalue weighted by Gasteiger charge is -2.10. The van der Waals surface area contributed by atoms with E-state index in [1.807, 2.05) is 5.38 Å².